The number of benzene rings is 1. The second-order valence-corrected chi connectivity index (χ2v) is 4.76. The molecule has 0 saturated carbocycles. The summed E-state index contributed by atoms with van der Waals surface area (Å²) in [4.78, 5) is 0. The Kier molecular flexibility index (Phi) is 5.99. The molecule has 0 N–H and O–H groups in total. The quantitative estimate of drug-likeness (QED) is 0.716. The Hall–Kier alpha value is -0.410. The average molecular weight is 289 g/mol. The molecule has 16 heavy (non-hydrogen) atoms. The first-order valence-electron chi connectivity index (χ1n) is 5.56. The van der Waals surface area contributed by atoms with Gasteiger partial charge in [0, 0.05) is 11.9 Å². The highest BCUT2D eigenvalue weighted by Crippen LogP contribution is 2.22. The summed E-state index contributed by atoms with van der Waals surface area (Å²) in [6.07, 6.45) is 1.16. The Morgan fingerprint density at radius 2 is 2.12 bits per heavy atom. The standard InChI is InChI=1S/C13H18BrFO/c1-10(2)16-7-6-12(9-14)11-4-3-5-13(15)8-11/h3-5,8,10,12H,6-7,9H2,1-2H3. The van der Waals surface area contributed by atoms with E-state index in [0.717, 1.165) is 17.3 Å². The summed E-state index contributed by atoms with van der Waals surface area (Å²) in [6.45, 7) is 4.75. The summed E-state index contributed by atoms with van der Waals surface area (Å²) in [6, 6.07) is 6.79. The molecule has 0 heterocycles. The van der Waals surface area contributed by atoms with Gasteiger partial charge in [-0.1, -0.05) is 28.1 Å². The summed E-state index contributed by atoms with van der Waals surface area (Å²) >= 11 is 3.47. The second-order valence-electron chi connectivity index (χ2n) is 4.11. The van der Waals surface area contributed by atoms with E-state index in [1.165, 1.54) is 6.07 Å². The molecule has 0 amide bonds. The average Bonchev–Trinajstić information content (AvgIpc) is 2.24. The Bertz CT molecular complexity index is 315. The largest absolute Gasteiger partial charge is 0.379 e. The first kappa shape index (κ1) is 13.7. The van der Waals surface area contributed by atoms with Crippen molar-refractivity contribution in [2.45, 2.75) is 32.3 Å². The number of halogens is 2. The first-order valence-corrected chi connectivity index (χ1v) is 6.68. The molecule has 0 radical (unpaired) electrons. The van der Waals surface area contributed by atoms with Crippen molar-refractivity contribution in [3.63, 3.8) is 0 Å². The molecular weight excluding hydrogens is 271 g/mol. The molecular formula is C13H18BrFO. The van der Waals surface area contributed by atoms with Gasteiger partial charge in [-0.2, -0.15) is 0 Å². The number of alkyl halides is 1. The van der Waals surface area contributed by atoms with E-state index in [2.05, 4.69) is 15.9 Å². The van der Waals surface area contributed by atoms with Gasteiger partial charge in [0.05, 0.1) is 6.10 Å². The highest BCUT2D eigenvalue weighted by molar-refractivity contribution is 9.09. The van der Waals surface area contributed by atoms with E-state index in [-0.39, 0.29) is 11.9 Å². The SMILES string of the molecule is CC(C)OCCC(CBr)c1cccc(F)c1. The van der Waals surface area contributed by atoms with Gasteiger partial charge in [-0.05, 0) is 43.9 Å². The minimum atomic E-state index is -0.173. The number of ether oxygens (including phenoxy) is 1. The fourth-order valence-corrected chi connectivity index (χ4v) is 2.24. The molecule has 1 aromatic rings. The van der Waals surface area contributed by atoms with E-state index in [4.69, 9.17) is 4.74 Å². The van der Waals surface area contributed by atoms with Crippen molar-refractivity contribution < 1.29 is 9.13 Å². The minimum absolute atomic E-state index is 0.173. The Balaban J connectivity index is 2.53. The molecule has 1 atom stereocenters. The summed E-state index contributed by atoms with van der Waals surface area (Å²) in [5, 5.41) is 0.831. The maximum Gasteiger partial charge on any atom is 0.123 e. The summed E-state index contributed by atoms with van der Waals surface area (Å²) in [5.74, 6) is 0.141. The fourth-order valence-electron chi connectivity index (χ4n) is 1.54. The summed E-state index contributed by atoms with van der Waals surface area (Å²) in [7, 11) is 0. The van der Waals surface area contributed by atoms with Gasteiger partial charge >= 0.3 is 0 Å². The topological polar surface area (TPSA) is 9.23 Å². The van der Waals surface area contributed by atoms with Gasteiger partial charge in [0.15, 0.2) is 0 Å². The zero-order chi connectivity index (χ0) is 12.0. The molecule has 1 nitrogen and oxygen atoms in total. The van der Waals surface area contributed by atoms with Crippen LogP contribution >= 0.6 is 15.9 Å². The monoisotopic (exact) mass is 288 g/mol. The van der Waals surface area contributed by atoms with E-state index >= 15 is 0 Å². The molecule has 90 valence electrons. The normalized spacial score (nSPS) is 13.1. The van der Waals surface area contributed by atoms with Gasteiger partial charge in [0.1, 0.15) is 5.82 Å². The van der Waals surface area contributed by atoms with Crippen LogP contribution in [0, 0.1) is 5.82 Å². The predicted octanol–water partition coefficient (Wildman–Crippen LogP) is 4.12. The van der Waals surface area contributed by atoms with E-state index in [1.54, 1.807) is 12.1 Å². The van der Waals surface area contributed by atoms with Crippen LogP contribution in [0.1, 0.15) is 31.7 Å². The molecule has 0 aliphatic heterocycles. The smallest absolute Gasteiger partial charge is 0.123 e. The lowest BCUT2D eigenvalue weighted by Gasteiger charge is -2.15. The molecule has 0 fully saturated rings. The zero-order valence-corrected chi connectivity index (χ0v) is 11.3. The molecule has 0 bridgehead atoms. The highest BCUT2D eigenvalue weighted by Gasteiger charge is 2.11. The van der Waals surface area contributed by atoms with E-state index in [1.807, 2.05) is 19.9 Å². The van der Waals surface area contributed by atoms with E-state index < -0.39 is 0 Å². The molecule has 3 heteroatoms. The molecule has 0 aliphatic rings. The van der Waals surface area contributed by atoms with Gasteiger partial charge in [-0.25, -0.2) is 4.39 Å². The van der Waals surface area contributed by atoms with Crippen molar-refractivity contribution in [3.8, 4) is 0 Å². The molecule has 0 aliphatic carbocycles. The molecule has 0 spiro atoms. The number of hydrogen-bond donors (Lipinski definition) is 0. The number of rotatable bonds is 6. The van der Waals surface area contributed by atoms with Crippen molar-refractivity contribution in [2.24, 2.45) is 0 Å². The van der Waals surface area contributed by atoms with Gasteiger partial charge in [0.2, 0.25) is 0 Å². The van der Waals surface area contributed by atoms with E-state index in [9.17, 15) is 4.39 Å². The zero-order valence-electron chi connectivity index (χ0n) is 9.75. The maximum atomic E-state index is 13.1. The van der Waals surface area contributed by atoms with Gasteiger partial charge in [-0.3, -0.25) is 0 Å². The van der Waals surface area contributed by atoms with Crippen LogP contribution in [-0.4, -0.2) is 18.0 Å². The lowest BCUT2D eigenvalue weighted by Crippen LogP contribution is -2.09. The van der Waals surface area contributed by atoms with Crippen LogP contribution in [0.5, 0.6) is 0 Å². The summed E-state index contributed by atoms with van der Waals surface area (Å²) in [5.41, 5.74) is 1.03. The third-order valence-corrected chi connectivity index (χ3v) is 3.21. The maximum absolute atomic E-state index is 13.1. The Morgan fingerprint density at radius 1 is 1.38 bits per heavy atom. The van der Waals surface area contributed by atoms with Crippen LogP contribution in [0.3, 0.4) is 0 Å². The number of hydrogen-bond acceptors (Lipinski definition) is 1. The lowest BCUT2D eigenvalue weighted by molar-refractivity contribution is 0.0744. The van der Waals surface area contributed by atoms with Crippen molar-refractivity contribution in [1.29, 1.82) is 0 Å². The van der Waals surface area contributed by atoms with Crippen LogP contribution in [0.25, 0.3) is 0 Å². The van der Waals surface area contributed by atoms with Crippen molar-refractivity contribution >= 4 is 15.9 Å². The molecule has 1 unspecified atom stereocenters. The molecule has 0 saturated heterocycles. The summed E-state index contributed by atoms with van der Waals surface area (Å²) < 4.78 is 18.6. The first-order chi connectivity index (χ1) is 7.63. The van der Waals surface area contributed by atoms with Crippen molar-refractivity contribution in [2.75, 3.05) is 11.9 Å². The van der Waals surface area contributed by atoms with Crippen molar-refractivity contribution in [1.82, 2.24) is 0 Å². The van der Waals surface area contributed by atoms with Crippen LogP contribution in [0.2, 0.25) is 0 Å². The third-order valence-electron chi connectivity index (χ3n) is 2.42. The van der Waals surface area contributed by atoms with Crippen LogP contribution in [0.15, 0.2) is 24.3 Å². The minimum Gasteiger partial charge on any atom is -0.379 e. The molecule has 0 aromatic heterocycles. The third kappa shape index (κ3) is 4.62. The molecule has 1 aromatic carbocycles. The van der Waals surface area contributed by atoms with E-state index in [0.29, 0.717) is 12.5 Å². The second kappa shape index (κ2) is 7.02. The van der Waals surface area contributed by atoms with Crippen LogP contribution in [-0.2, 0) is 4.74 Å². The van der Waals surface area contributed by atoms with Gasteiger partial charge in [0.25, 0.3) is 0 Å². The molecule has 1 rings (SSSR count). The fraction of sp³-hybridized carbons (Fsp3) is 0.538. The van der Waals surface area contributed by atoms with Crippen molar-refractivity contribution in [3.05, 3.63) is 35.6 Å². The Morgan fingerprint density at radius 3 is 2.69 bits per heavy atom. The highest BCUT2D eigenvalue weighted by atomic mass is 79.9. The van der Waals surface area contributed by atoms with Crippen LogP contribution in [0.4, 0.5) is 4.39 Å². The Labute approximate surface area is 105 Å². The van der Waals surface area contributed by atoms with Gasteiger partial charge < -0.3 is 4.74 Å². The lowest BCUT2D eigenvalue weighted by atomic mass is 9.98. The predicted molar refractivity (Wildman–Crippen MR) is 68.6 cm³/mol. The van der Waals surface area contributed by atoms with Gasteiger partial charge in [-0.15, -0.1) is 0 Å². The van der Waals surface area contributed by atoms with Crippen LogP contribution < -0.4 is 0 Å².